The number of fused-ring (bicyclic) bond motifs is 1. The molecule has 1 aliphatic rings. The number of hydrogen-bond acceptors (Lipinski definition) is 6. The summed E-state index contributed by atoms with van der Waals surface area (Å²) in [7, 11) is -2.16. The Morgan fingerprint density at radius 1 is 1.44 bits per heavy atom. The summed E-state index contributed by atoms with van der Waals surface area (Å²) in [5.74, 6) is -1.54. The highest BCUT2D eigenvalue weighted by molar-refractivity contribution is 6.45. The van der Waals surface area contributed by atoms with Gasteiger partial charge in [-0.3, -0.25) is 4.79 Å². The summed E-state index contributed by atoms with van der Waals surface area (Å²) in [5, 5.41) is 18.8. The van der Waals surface area contributed by atoms with E-state index in [4.69, 9.17) is 9.47 Å². The highest BCUT2D eigenvalue weighted by Gasteiger charge is 2.58. The van der Waals surface area contributed by atoms with Gasteiger partial charge in [0.1, 0.15) is 0 Å². The fourth-order valence-electron chi connectivity index (χ4n) is 2.01. The van der Waals surface area contributed by atoms with Crippen molar-refractivity contribution in [3.63, 3.8) is 0 Å². The van der Waals surface area contributed by atoms with Crippen LogP contribution in [0.25, 0.3) is 0 Å². The highest BCUT2D eigenvalue weighted by atomic mass is 16.7. The second-order valence-electron chi connectivity index (χ2n) is 4.02. The van der Waals surface area contributed by atoms with Crippen LogP contribution in [0.4, 0.5) is 0 Å². The van der Waals surface area contributed by atoms with Gasteiger partial charge in [-0.05, 0) is 12.5 Å². The largest absolute Gasteiger partial charge is 0.554 e. The molecule has 0 fully saturated rings. The molecule has 1 aromatic carbocycles. The van der Waals surface area contributed by atoms with E-state index >= 15 is 0 Å². The molecule has 6 nitrogen and oxygen atoms in total. The highest BCUT2D eigenvalue weighted by Crippen LogP contribution is 2.39. The first-order chi connectivity index (χ1) is 8.38. The molecule has 1 aromatic rings. The number of benzene rings is 1. The van der Waals surface area contributed by atoms with E-state index in [2.05, 4.69) is 0 Å². The maximum Gasteiger partial charge on any atom is 0.554 e. The van der Waals surface area contributed by atoms with Crippen molar-refractivity contribution in [1.29, 1.82) is 0 Å². The standard InChI is InChI=1S/C11H11BO6/c1-6-4-3-5-8-9(6)10(14)18-11(8,12(15)16)17-7(2)13/h3-5,15-16H,1-2H3. The van der Waals surface area contributed by atoms with E-state index in [0.717, 1.165) is 6.92 Å². The van der Waals surface area contributed by atoms with E-state index in [0.29, 0.717) is 5.56 Å². The predicted octanol–water partition coefficient (Wildman–Crippen LogP) is -0.107. The maximum absolute atomic E-state index is 11.8. The molecule has 1 unspecified atom stereocenters. The fraction of sp³-hybridized carbons (Fsp3) is 0.273. The first-order valence-electron chi connectivity index (χ1n) is 5.27. The van der Waals surface area contributed by atoms with Crippen molar-refractivity contribution in [2.75, 3.05) is 0 Å². The van der Waals surface area contributed by atoms with Crippen molar-refractivity contribution >= 4 is 19.1 Å². The lowest BCUT2D eigenvalue weighted by molar-refractivity contribution is -0.185. The molecule has 2 N–H and O–H groups in total. The molecule has 0 aromatic heterocycles. The summed E-state index contributed by atoms with van der Waals surface area (Å²) in [6, 6.07) is 4.74. The molecule has 94 valence electrons. The van der Waals surface area contributed by atoms with Crippen molar-refractivity contribution in [3.05, 3.63) is 34.9 Å². The average Bonchev–Trinajstić information content (AvgIpc) is 2.53. The Labute approximate surface area is 103 Å². The van der Waals surface area contributed by atoms with Gasteiger partial charge in [0.2, 0.25) is 0 Å². The van der Waals surface area contributed by atoms with E-state index in [1.54, 1.807) is 19.1 Å². The minimum atomic E-state index is -2.18. The summed E-state index contributed by atoms with van der Waals surface area (Å²) in [5.41, 5.74) is -1.25. The van der Waals surface area contributed by atoms with Gasteiger partial charge < -0.3 is 19.5 Å². The molecule has 0 bridgehead atoms. The topological polar surface area (TPSA) is 93.1 Å². The van der Waals surface area contributed by atoms with Gasteiger partial charge in [-0.1, -0.05) is 18.2 Å². The molecule has 0 saturated heterocycles. The molecule has 7 heteroatoms. The second kappa shape index (κ2) is 4.11. The van der Waals surface area contributed by atoms with Crippen molar-refractivity contribution < 1.29 is 29.1 Å². The number of aryl methyl sites for hydroxylation is 1. The molecule has 0 spiro atoms. The van der Waals surface area contributed by atoms with Gasteiger partial charge in [-0.25, -0.2) is 4.79 Å². The summed E-state index contributed by atoms with van der Waals surface area (Å²) in [4.78, 5) is 22.8. The lowest BCUT2D eigenvalue weighted by atomic mass is 9.72. The molecule has 1 atom stereocenters. The van der Waals surface area contributed by atoms with Crippen molar-refractivity contribution in [2.45, 2.75) is 19.5 Å². The third kappa shape index (κ3) is 1.68. The van der Waals surface area contributed by atoms with Crippen LogP contribution in [0, 0.1) is 6.92 Å². The van der Waals surface area contributed by atoms with Gasteiger partial charge >= 0.3 is 24.7 Å². The summed E-state index contributed by atoms with van der Waals surface area (Å²) in [6.07, 6.45) is 0. The molecule has 0 radical (unpaired) electrons. The zero-order valence-electron chi connectivity index (χ0n) is 9.84. The SMILES string of the molecule is CC(=O)OC1(B(O)O)OC(=O)c2c(C)cccc21. The van der Waals surface area contributed by atoms with E-state index in [-0.39, 0.29) is 11.1 Å². The number of esters is 2. The lowest BCUT2D eigenvalue weighted by Gasteiger charge is -2.26. The van der Waals surface area contributed by atoms with Crippen LogP contribution < -0.4 is 0 Å². The Morgan fingerprint density at radius 3 is 2.67 bits per heavy atom. The van der Waals surface area contributed by atoms with Crippen LogP contribution in [0.1, 0.15) is 28.4 Å². The van der Waals surface area contributed by atoms with Crippen LogP contribution >= 0.6 is 0 Å². The molecule has 2 rings (SSSR count). The Balaban J connectivity index is 2.64. The summed E-state index contributed by atoms with van der Waals surface area (Å²) < 4.78 is 9.72. The normalized spacial score (nSPS) is 21.2. The third-order valence-corrected chi connectivity index (χ3v) is 2.73. The average molecular weight is 250 g/mol. The summed E-state index contributed by atoms with van der Waals surface area (Å²) >= 11 is 0. The fourth-order valence-corrected chi connectivity index (χ4v) is 2.01. The Kier molecular flexibility index (Phi) is 2.88. The quantitative estimate of drug-likeness (QED) is 0.562. The number of rotatable bonds is 2. The van der Waals surface area contributed by atoms with E-state index < -0.39 is 24.7 Å². The maximum atomic E-state index is 11.8. The Hall–Kier alpha value is -1.86. The summed E-state index contributed by atoms with van der Waals surface area (Å²) in [6.45, 7) is 2.76. The van der Waals surface area contributed by atoms with Gasteiger partial charge in [-0.2, -0.15) is 0 Å². The van der Waals surface area contributed by atoms with Crippen LogP contribution in [0.15, 0.2) is 18.2 Å². The van der Waals surface area contributed by atoms with Gasteiger partial charge in [0, 0.05) is 12.5 Å². The molecule has 18 heavy (non-hydrogen) atoms. The molecule has 1 aliphatic heterocycles. The monoisotopic (exact) mass is 250 g/mol. The van der Waals surface area contributed by atoms with Crippen LogP contribution in [0.2, 0.25) is 0 Å². The number of cyclic esters (lactones) is 1. The molecule has 0 amide bonds. The van der Waals surface area contributed by atoms with Crippen molar-refractivity contribution in [3.8, 4) is 0 Å². The first-order valence-corrected chi connectivity index (χ1v) is 5.27. The van der Waals surface area contributed by atoms with E-state index in [1.165, 1.54) is 6.07 Å². The molecular weight excluding hydrogens is 239 g/mol. The van der Waals surface area contributed by atoms with E-state index in [1.807, 2.05) is 0 Å². The van der Waals surface area contributed by atoms with Crippen LogP contribution in [0.5, 0.6) is 0 Å². The zero-order valence-corrected chi connectivity index (χ0v) is 9.84. The lowest BCUT2D eigenvalue weighted by Crippen LogP contribution is -2.47. The first kappa shape index (κ1) is 12.6. The molecule has 0 aliphatic carbocycles. The molecule has 1 heterocycles. The molecule has 0 saturated carbocycles. The minimum Gasteiger partial charge on any atom is -0.421 e. The molecular formula is C11H11BO6. The van der Waals surface area contributed by atoms with Gasteiger partial charge in [0.15, 0.2) is 0 Å². The van der Waals surface area contributed by atoms with Gasteiger partial charge in [0.25, 0.3) is 0 Å². The Morgan fingerprint density at radius 2 is 2.11 bits per heavy atom. The van der Waals surface area contributed by atoms with Crippen LogP contribution in [0.3, 0.4) is 0 Å². The number of ether oxygens (including phenoxy) is 2. The van der Waals surface area contributed by atoms with Crippen LogP contribution in [-0.2, 0) is 20.0 Å². The second-order valence-corrected chi connectivity index (χ2v) is 4.02. The minimum absolute atomic E-state index is 0.137. The van der Waals surface area contributed by atoms with E-state index in [9.17, 15) is 19.6 Å². The van der Waals surface area contributed by atoms with Crippen LogP contribution in [-0.4, -0.2) is 29.1 Å². The van der Waals surface area contributed by atoms with Gasteiger partial charge in [-0.15, -0.1) is 0 Å². The predicted molar refractivity (Wildman–Crippen MR) is 60.2 cm³/mol. The number of carbonyl (C=O) groups is 2. The number of hydrogen-bond donors (Lipinski definition) is 2. The number of carbonyl (C=O) groups excluding carboxylic acids is 2. The van der Waals surface area contributed by atoms with Crippen molar-refractivity contribution in [1.82, 2.24) is 0 Å². The smallest absolute Gasteiger partial charge is 0.421 e. The zero-order chi connectivity index (χ0) is 13.5. The van der Waals surface area contributed by atoms with Crippen molar-refractivity contribution in [2.24, 2.45) is 0 Å². The third-order valence-electron chi connectivity index (χ3n) is 2.73. The van der Waals surface area contributed by atoms with Gasteiger partial charge in [0.05, 0.1) is 5.56 Å². The Bertz CT molecular complexity index is 526.